The zero-order valence-corrected chi connectivity index (χ0v) is 21.2. The number of hydrogen-bond donors (Lipinski definition) is 3. The number of methoxy groups -OCH3 is 1. The molecule has 5 rings (SSSR count). The second-order valence-electron chi connectivity index (χ2n) is 9.38. The molecule has 2 aliphatic rings. The van der Waals surface area contributed by atoms with E-state index in [2.05, 4.69) is 15.4 Å². The van der Waals surface area contributed by atoms with Crippen molar-refractivity contribution in [2.45, 2.75) is 31.9 Å². The quantitative estimate of drug-likeness (QED) is 0.432. The number of nitrogens with two attached hydrogens (primary N) is 1. The molecular formula is C25H28ClF2N6O2+. The molecule has 1 aromatic carbocycles. The number of hydrogen-bond acceptors (Lipinski definition) is 7. The van der Waals surface area contributed by atoms with Gasteiger partial charge in [-0.15, -0.1) is 5.53 Å². The van der Waals surface area contributed by atoms with E-state index in [9.17, 15) is 13.9 Å². The summed E-state index contributed by atoms with van der Waals surface area (Å²) in [7, 11) is 3.32. The second kappa shape index (κ2) is 8.81. The highest BCUT2D eigenvalue weighted by molar-refractivity contribution is 6.36. The van der Waals surface area contributed by atoms with E-state index < -0.39 is 11.5 Å². The third-order valence-electron chi connectivity index (χ3n) is 6.73. The number of benzene rings is 1. The second-order valence-corrected chi connectivity index (χ2v) is 9.76. The van der Waals surface area contributed by atoms with Crippen molar-refractivity contribution in [3.05, 3.63) is 75.3 Å². The topological polar surface area (TPSA) is 90.4 Å². The van der Waals surface area contributed by atoms with Gasteiger partial charge in [0.2, 0.25) is 5.88 Å². The molecule has 1 fully saturated rings. The molecule has 8 nitrogen and oxygen atoms in total. The van der Waals surface area contributed by atoms with Gasteiger partial charge in [0.15, 0.2) is 5.60 Å². The number of rotatable bonds is 6. The molecule has 11 heteroatoms. The normalized spacial score (nSPS) is 19.0. The van der Waals surface area contributed by atoms with E-state index >= 15 is 0 Å². The number of quaternary nitrogens is 1. The molecule has 1 unspecified atom stereocenters. The third-order valence-corrected chi connectivity index (χ3v) is 7.17. The number of nitrogens with one attached hydrogen (secondary N) is 1. The maximum atomic E-state index is 13.4. The van der Waals surface area contributed by atoms with Gasteiger partial charge in [-0.05, 0) is 37.6 Å². The Morgan fingerprint density at radius 3 is 2.58 bits per heavy atom. The third kappa shape index (κ3) is 4.03. The Labute approximate surface area is 212 Å². The lowest BCUT2D eigenvalue weighted by molar-refractivity contribution is -0.820. The predicted molar refractivity (Wildman–Crippen MR) is 131 cm³/mol. The molecule has 4 heterocycles. The molecule has 4 N–H and O–H groups in total. The van der Waals surface area contributed by atoms with Crippen molar-refractivity contribution in [1.82, 2.24) is 25.3 Å². The summed E-state index contributed by atoms with van der Waals surface area (Å²) in [5.74, 6) is -2.40. The monoisotopic (exact) mass is 517 g/mol. The average Bonchev–Trinajstić information content (AvgIpc) is 3.25. The van der Waals surface area contributed by atoms with E-state index in [1.807, 2.05) is 38.0 Å². The molecule has 0 radical (unpaired) electrons. The average molecular weight is 518 g/mol. The van der Waals surface area contributed by atoms with E-state index in [0.717, 1.165) is 5.69 Å². The van der Waals surface area contributed by atoms with Crippen LogP contribution in [0.5, 0.6) is 5.88 Å². The molecule has 1 saturated heterocycles. The van der Waals surface area contributed by atoms with Crippen LogP contribution in [0.3, 0.4) is 0 Å². The molecule has 0 spiro atoms. The summed E-state index contributed by atoms with van der Waals surface area (Å²) in [6, 6.07) is 9.10. The first kappa shape index (κ1) is 24.6. The highest BCUT2D eigenvalue weighted by atomic mass is 35.5. The van der Waals surface area contributed by atoms with Gasteiger partial charge in [0, 0.05) is 34.4 Å². The zero-order valence-electron chi connectivity index (χ0n) is 20.4. The van der Waals surface area contributed by atoms with Crippen LogP contribution in [-0.2, 0) is 12.1 Å². The maximum Gasteiger partial charge on any atom is 0.272 e. The molecule has 1 atom stereocenters. The van der Waals surface area contributed by atoms with E-state index in [1.165, 1.54) is 7.11 Å². The Bertz CT molecular complexity index is 1380. The number of aryl methyl sites for hydroxylation is 2. The first-order valence-corrected chi connectivity index (χ1v) is 11.9. The fourth-order valence-electron chi connectivity index (χ4n) is 4.99. The molecule has 0 aliphatic carbocycles. The number of likely N-dealkylation sites (N-methyl/N-ethyl adjacent to an activating group) is 1. The van der Waals surface area contributed by atoms with Gasteiger partial charge < -0.3 is 9.84 Å². The Hall–Kier alpha value is -3.05. The molecule has 0 bridgehead atoms. The molecule has 2 aliphatic heterocycles. The number of nitrogens with zero attached hydrogens (tertiary/aromatic N) is 4. The van der Waals surface area contributed by atoms with Crippen LogP contribution in [-0.4, -0.2) is 58.2 Å². The summed E-state index contributed by atoms with van der Waals surface area (Å²) < 4.78 is 32.3. The van der Waals surface area contributed by atoms with Crippen molar-refractivity contribution in [3.8, 4) is 5.88 Å². The molecule has 0 saturated carbocycles. The molecule has 190 valence electrons. The minimum Gasteiger partial charge on any atom is -0.481 e. The van der Waals surface area contributed by atoms with Crippen molar-refractivity contribution in [2.24, 2.45) is 0 Å². The number of ether oxygens (including phenoxy) is 1. The molecule has 2 aromatic heterocycles. The lowest BCUT2D eigenvalue weighted by atomic mass is 9.82. The minimum atomic E-state index is -2.69. The summed E-state index contributed by atoms with van der Waals surface area (Å²) >= 11 is 6.86. The van der Waals surface area contributed by atoms with Crippen LogP contribution in [0.2, 0.25) is 5.02 Å². The highest BCUT2D eigenvalue weighted by Crippen LogP contribution is 2.42. The summed E-state index contributed by atoms with van der Waals surface area (Å²) in [6.45, 7) is 3.27. The lowest BCUT2D eigenvalue weighted by Gasteiger charge is -2.39. The van der Waals surface area contributed by atoms with Gasteiger partial charge in [0.25, 0.3) is 5.92 Å². The smallest absolute Gasteiger partial charge is 0.272 e. The molecule has 3 aromatic rings. The van der Waals surface area contributed by atoms with Crippen molar-refractivity contribution in [1.29, 1.82) is 0 Å². The number of halogens is 3. The summed E-state index contributed by atoms with van der Waals surface area (Å²) in [5.41, 5.74) is 7.67. The van der Waals surface area contributed by atoms with Gasteiger partial charge in [-0.1, -0.05) is 23.7 Å². The Morgan fingerprint density at radius 1 is 1.22 bits per heavy atom. The van der Waals surface area contributed by atoms with Crippen LogP contribution in [0.25, 0.3) is 10.9 Å². The fraction of sp³-hybridized carbons (Fsp3) is 0.360. The molecular weight excluding hydrogens is 490 g/mol. The summed E-state index contributed by atoms with van der Waals surface area (Å²) in [6.07, 6.45) is 1.74. The van der Waals surface area contributed by atoms with Crippen LogP contribution in [0, 0.1) is 13.8 Å². The number of aromatic nitrogens is 2. The van der Waals surface area contributed by atoms with E-state index in [0.29, 0.717) is 49.9 Å². The van der Waals surface area contributed by atoms with Crippen molar-refractivity contribution < 1.29 is 24.2 Å². The first-order valence-electron chi connectivity index (χ1n) is 11.5. The minimum absolute atomic E-state index is 0.183. The number of fused-ring (bicyclic) bond motifs is 1. The van der Waals surface area contributed by atoms with Crippen LogP contribution in [0.4, 0.5) is 8.78 Å². The van der Waals surface area contributed by atoms with Crippen LogP contribution in [0.1, 0.15) is 28.1 Å². The number of pyridine rings is 2. The van der Waals surface area contributed by atoms with Gasteiger partial charge in [0.05, 0.1) is 44.0 Å². The Morgan fingerprint density at radius 2 is 1.97 bits per heavy atom. The van der Waals surface area contributed by atoms with Crippen molar-refractivity contribution in [3.63, 3.8) is 0 Å². The largest absolute Gasteiger partial charge is 0.481 e. The molecule has 0 amide bonds. The number of likely N-dealkylation sites (tertiary alicyclic amines) is 1. The van der Waals surface area contributed by atoms with E-state index in [-0.39, 0.29) is 19.6 Å². The lowest BCUT2D eigenvalue weighted by Crippen LogP contribution is -2.96. The van der Waals surface area contributed by atoms with E-state index in [1.54, 1.807) is 34.8 Å². The van der Waals surface area contributed by atoms with Gasteiger partial charge >= 0.3 is 0 Å². The van der Waals surface area contributed by atoms with Gasteiger partial charge in [-0.25, -0.2) is 24.2 Å². The Balaban J connectivity index is 1.67. The van der Waals surface area contributed by atoms with E-state index in [4.69, 9.17) is 16.3 Å². The van der Waals surface area contributed by atoms with Gasteiger partial charge in [-0.3, -0.25) is 9.88 Å². The number of alkyl halides is 2. The van der Waals surface area contributed by atoms with Gasteiger partial charge in [-0.2, -0.15) is 0 Å². The molecule has 36 heavy (non-hydrogen) atoms. The van der Waals surface area contributed by atoms with Crippen LogP contribution >= 0.6 is 11.6 Å². The highest BCUT2D eigenvalue weighted by Gasteiger charge is 2.45. The summed E-state index contributed by atoms with van der Waals surface area (Å²) in [5, 5.41) is 15.1. The van der Waals surface area contributed by atoms with Crippen molar-refractivity contribution in [2.75, 3.05) is 27.2 Å². The van der Waals surface area contributed by atoms with Crippen molar-refractivity contribution >= 4 is 22.5 Å². The maximum absolute atomic E-state index is 13.4. The van der Waals surface area contributed by atoms with Crippen LogP contribution < -0.4 is 15.7 Å². The van der Waals surface area contributed by atoms with Gasteiger partial charge in [0.1, 0.15) is 5.70 Å². The zero-order chi connectivity index (χ0) is 25.8. The Kier molecular flexibility index (Phi) is 6.03. The SMILES string of the molecule is COc1nc2ccc(C(O)(C3=CN[NH2+]N3C)c3ccc(C)nc3C)cc2c(Cl)c1CN1CC(F)(F)C1. The standard InChI is InChI=1S/C25H27ClF2N6O2/c1-14-5-7-19(15(2)30-14)25(35,21-10-29-32-33(21)3)16-6-8-20-17(9-16)22(26)18(23(31-20)36-4)11-34-12-24(27,28)13-34/h5-10,29,32,35H,11-13H2,1-4H3/p+1. The first-order chi connectivity index (χ1) is 17.0. The fourth-order valence-corrected chi connectivity index (χ4v) is 5.28. The predicted octanol–water partition coefficient (Wildman–Crippen LogP) is 2.37. The number of aliphatic hydroxyl groups is 1. The van der Waals surface area contributed by atoms with Crippen LogP contribution in [0.15, 0.2) is 42.2 Å². The summed E-state index contributed by atoms with van der Waals surface area (Å²) in [4.78, 5) is 10.8.